The van der Waals surface area contributed by atoms with Crippen molar-refractivity contribution in [3.05, 3.63) is 65.7 Å². The number of sulfonamides is 1. The summed E-state index contributed by atoms with van der Waals surface area (Å²) < 4.78 is 25.9. The van der Waals surface area contributed by atoms with E-state index >= 15 is 0 Å². The third-order valence-electron chi connectivity index (χ3n) is 6.30. The summed E-state index contributed by atoms with van der Waals surface area (Å²) >= 11 is 0. The van der Waals surface area contributed by atoms with E-state index in [0.717, 1.165) is 12.0 Å². The first-order valence-electron chi connectivity index (χ1n) is 11.0. The number of hydrogen-bond donors (Lipinski definition) is 1. The predicted molar refractivity (Wildman–Crippen MR) is 120 cm³/mol. The van der Waals surface area contributed by atoms with Crippen LogP contribution in [-0.2, 0) is 10.0 Å². The van der Waals surface area contributed by atoms with Crippen LogP contribution in [0.25, 0.3) is 0 Å². The summed E-state index contributed by atoms with van der Waals surface area (Å²) in [5.41, 5.74) is 2.19. The lowest BCUT2D eigenvalue weighted by Gasteiger charge is -2.27. The second-order valence-corrected chi connectivity index (χ2v) is 10.5. The van der Waals surface area contributed by atoms with Gasteiger partial charge in [0.1, 0.15) is 0 Å². The largest absolute Gasteiger partial charge is 0.345 e. The van der Waals surface area contributed by atoms with Crippen LogP contribution in [0.5, 0.6) is 0 Å². The van der Waals surface area contributed by atoms with Gasteiger partial charge in [0.2, 0.25) is 10.0 Å². The van der Waals surface area contributed by atoms with E-state index in [1.165, 1.54) is 36.4 Å². The molecule has 2 aliphatic rings. The second-order valence-electron chi connectivity index (χ2n) is 8.47. The number of anilines is 1. The van der Waals surface area contributed by atoms with Gasteiger partial charge in [-0.05, 0) is 42.5 Å². The maximum absolute atomic E-state index is 13.1. The van der Waals surface area contributed by atoms with Gasteiger partial charge in [-0.15, -0.1) is 0 Å². The van der Waals surface area contributed by atoms with Crippen molar-refractivity contribution in [2.75, 3.05) is 16.6 Å². The summed E-state index contributed by atoms with van der Waals surface area (Å²) in [6, 6.07) is 17.1. The molecule has 0 spiro atoms. The van der Waals surface area contributed by atoms with Crippen LogP contribution >= 0.6 is 0 Å². The Morgan fingerprint density at radius 1 is 1.00 bits per heavy atom. The molecule has 0 unspecified atom stereocenters. The Balaban J connectivity index is 1.53. The third-order valence-corrected chi connectivity index (χ3v) is 8.17. The summed E-state index contributed by atoms with van der Waals surface area (Å²) in [5.74, 6) is 0.643. The maximum Gasteiger partial charge on any atom is 0.251 e. The fourth-order valence-electron chi connectivity index (χ4n) is 4.69. The van der Waals surface area contributed by atoms with Crippen molar-refractivity contribution in [2.24, 2.45) is 5.92 Å². The molecule has 0 aromatic heterocycles. The molecule has 6 heteroatoms. The summed E-state index contributed by atoms with van der Waals surface area (Å²) in [5, 5.41) is 3.23. The predicted octanol–water partition coefficient (Wildman–Crippen LogP) is 4.67. The molecule has 2 aromatic carbocycles. The molecule has 0 radical (unpaired) electrons. The molecule has 1 amide bonds. The fourth-order valence-corrected chi connectivity index (χ4v) is 6.25. The minimum Gasteiger partial charge on any atom is -0.345 e. The van der Waals surface area contributed by atoms with Crippen LogP contribution in [0.2, 0.25) is 0 Å². The first-order valence-corrected chi connectivity index (χ1v) is 12.6. The molecule has 4 rings (SSSR count). The number of benzene rings is 2. The summed E-state index contributed by atoms with van der Waals surface area (Å²) in [7, 11) is -3.27. The molecule has 1 N–H and O–H groups in total. The molecule has 1 saturated carbocycles. The van der Waals surface area contributed by atoms with Crippen LogP contribution in [-0.4, -0.2) is 26.6 Å². The molecular formula is C24H30N2O3S. The van der Waals surface area contributed by atoms with Crippen molar-refractivity contribution >= 4 is 21.6 Å². The summed E-state index contributed by atoms with van der Waals surface area (Å²) in [6.45, 7) is 0.474. The van der Waals surface area contributed by atoms with Gasteiger partial charge < -0.3 is 5.32 Å². The summed E-state index contributed by atoms with van der Waals surface area (Å²) in [4.78, 5) is 13.1. The number of carbonyl (C=O) groups excluding carboxylic acids is 1. The van der Waals surface area contributed by atoms with Gasteiger partial charge in [-0.25, -0.2) is 8.42 Å². The molecule has 5 nitrogen and oxygen atoms in total. The molecular weight excluding hydrogens is 396 g/mol. The van der Waals surface area contributed by atoms with Gasteiger partial charge in [0, 0.05) is 12.1 Å². The van der Waals surface area contributed by atoms with Crippen molar-refractivity contribution in [3.63, 3.8) is 0 Å². The standard InChI is InChI=1S/C24H30N2O3S/c27-24(21-13-7-14-22(18-21)26-15-8-16-30(26,28)29)25-23(20-11-5-2-6-12-20)17-19-9-3-1-4-10-19/h2,5-7,11-14,18-19,23H,1,3-4,8-10,15-17H2,(H,25,27)/t23-/m1/s1. The zero-order valence-electron chi connectivity index (χ0n) is 17.3. The highest BCUT2D eigenvalue weighted by atomic mass is 32.2. The first kappa shape index (κ1) is 20.9. The normalized spacial score (nSPS) is 20.1. The van der Waals surface area contributed by atoms with Gasteiger partial charge >= 0.3 is 0 Å². The molecule has 1 atom stereocenters. The SMILES string of the molecule is O=C(N[C@H](CC1CCCCC1)c1ccccc1)c1cccc(N2CCCS2(=O)=O)c1. The fraction of sp³-hybridized carbons (Fsp3) is 0.458. The van der Waals surface area contributed by atoms with Gasteiger partial charge in [0.15, 0.2) is 0 Å². The monoisotopic (exact) mass is 426 g/mol. The van der Waals surface area contributed by atoms with Crippen LogP contribution in [0.15, 0.2) is 54.6 Å². The number of nitrogens with one attached hydrogen (secondary N) is 1. The Hall–Kier alpha value is -2.34. The highest BCUT2D eigenvalue weighted by molar-refractivity contribution is 7.93. The van der Waals surface area contributed by atoms with E-state index in [2.05, 4.69) is 17.4 Å². The van der Waals surface area contributed by atoms with Crippen molar-refractivity contribution < 1.29 is 13.2 Å². The van der Waals surface area contributed by atoms with Crippen LogP contribution in [0.1, 0.15) is 66.9 Å². The lowest BCUT2D eigenvalue weighted by Crippen LogP contribution is -2.31. The van der Waals surface area contributed by atoms with E-state index in [0.29, 0.717) is 30.1 Å². The Morgan fingerprint density at radius 2 is 1.77 bits per heavy atom. The molecule has 1 aliphatic carbocycles. The Labute approximate surface area is 179 Å². The quantitative estimate of drug-likeness (QED) is 0.730. The van der Waals surface area contributed by atoms with E-state index in [-0.39, 0.29) is 17.7 Å². The van der Waals surface area contributed by atoms with Gasteiger partial charge in [-0.3, -0.25) is 9.10 Å². The van der Waals surface area contributed by atoms with Gasteiger partial charge in [0.05, 0.1) is 17.5 Å². The minimum atomic E-state index is -3.27. The van der Waals surface area contributed by atoms with E-state index in [4.69, 9.17) is 0 Å². The number of hydrogen-bond acceptors (Lipinski definition) is 3. The van der Waals surface area contributed by atoms with Crippen molar-refractivity contribution in [3.8, 4) is 0 Å². The number of nitrogens with zero attached hydrogens (tertiary/aromatic N) is 1. The zero-order chi connectivity index (χ0) is 21.0. The molecule has 0 bridgehead atoms. The average molecular weight is 427 g/mol. The number of rotatable bonds is 6. The Morgan fingerprint density at radius 3 is 2.47 bits per heavy atom. The first-order chi connectivity index (χ1) is 14.5. The van der Waals surface area contributed by atoms with Gasteiger partial charge in [-0.1, -0.05) is 68.5 Å². The summed E-state index contributed by atoms with van der Waals surface area (Å²) in [6.07, 6.45) is 7.86. The smallest absolute Gasteiger partial charge is 0.251 e. The highest BCUT2D eigenvalue weighted by Crippen LogP contribution is 2.32. The topological polar surface area (TPSA) is 66.5 Å². The number of carbonyl (C=O) groups is 1. The lowest BCUT2D eigenvalue weighted by atomic mass is 9.83. The van der Waals surface area contributed by atoms with Crippen LogP contribution < -0.4 is 9.62 Å². The maximum atomic E-state index is 13.1. The Bertz CT molecular complexity index is 969. The minimum absolute atomic E-state index is 0.0408. The molecule has 30 heavy (non-hydrogen) atoms. The second kappa shape index (κ2) is 9.21. The van der Waals surface area contributed by atoms with Gasteiger partial charge in [-0.2, -0.15) is 0 Å². The molecule has 1 saturated heterocycles. The lowest BCUT2D eigenvalue weighted by molar-refractivity contribution is 0.0928. The van der Waals surface area contributed by atoms with E-state index in [1.54, 1.807) is 24.3 Å². The van der Waals surface area contributed by atoms with Crippen molar-refractivity contribution in [2.45, 2.75) is 51.0 Å². The molecule has 1 aliphatic heterocycles. The van der Waals surface area contributed by atoms with Crippen molar-refractivity contribution in [1.82, 2.24) is 5.32 Å². The van der Waals surface area contributed by atoms with Crippen molar-refractivity contribution in [1.29, 1.82) is 0 Å². The van der Waals surface area contributed by atoms with Crippen LogP contribution in [0.3, 0.4) is 0 Å². The molecule has 1 heterocycles. The highest BCUT2D eigenvalue weighted by Gasteiger charge is 2.29. The van der Waals surface area contributed by atoms with E-state index in [9.17, 15) is 13.2 Å². The zero-order valence-corrected chi connectivity index (χ0v) is 18.1. The molecule has 2 aromatic rings. The molecule has 2 fully saturated rings. The van der Waals surface area contributed by atoms with Crippen LogP contribution in [0, 0.1) is 5.92 Å². The average Bonchev–Trinajstić information content (AvgIpc) is 3.13. The van der Waals surface area contributed by atoms with Gasteiger partial charge in [0.25, 0.3) is 5.91 Å². The molecule has 160 valence electrons. The number of amides is 1. The Kier molecular flexibility index (Phi) is 6.42. The van der Waals surface area contributed by atoms with E-state index < -0.39 is 10.0 Å². The van der Waals surface area contributed by atoms with E-state index in [1.807, 2.05) is 18.2 Å². The van der Waals surface area contributed by atoms with Crippen LogP contribution in [0.4, 0.5) is 5.69 Å². The third kappa shape index (κ3) is 4.86.